The summed E-state index contributed by atoms with van der Waals surface area (Å²) in [6, 6.07) is 5.25. The van der Waals surface area contributed by atoms with E-state index >= 15 is 0 Å². The standard InChI is InChI=1S/C11H10FN3O3/c1-18-11-14-9(13)8(10(16)17)15(11)7-4-2-6(12)3-5-7/h2-5H,13H2,1H3,(H,16,17). The van der Waals surface area contributed by atoms with Crippen LogP contribution >= 0.6 is 0 Å². The molecule has 0 saturated carbocycles. The highest BCUT2D eigenvalue weighted by atomic mass is 19.1. The zero-order valence-corrected chi connectivity index (χ0v) is 9.42. The van der Waals surface area contributed by atoms with Gasteiger partial charge in [0.05, 0.1) is 12.8 Å². The van der Waals surface area contributed by atoms with E-state index in [0.29, 0.717) is 5.69 Å². The molecule has 2 rings (SSSR count). The number of rotatable bonds is 3. The number of nitrogen functional groups attached to an aromatic ring is 1. The fourth-order valence-corrected chi connectivity index (χ4v) is 1.59. The number of aromatic carboxylic acids is 1. The van der Waals surface area contributed by atoms with Crippen molar-refractivity contribution < 1.29 is 19.0 Å². The molecule has 2 aromatic rings. The Bertz CT molecular complexity index is 592. The molecule has 7 heteroatoms. The first-order valence-electron chi connectivity index (χ1n) is 4.96. The lowest BCUT2D eigenvalue weighted by atomic mass is 10.3. The van der Waals surface area contributed by atoms with E-state index in [1.54, 1.807) is 0 Å². The van der Waals surface area contributed by atoms with Gasteiger partial charge in [-0.2, -0.15) is 4.98 Å². The average molecular weight is 251 g/mol. The van der Waals surface area contributed by atoms with Gasteiger partial charge in [0.15, 0.2) is 11.5 Å². The summed E-state index contributed by atoms with van der Waals surface area (Å²) in [5, 5.41) is 9.10. The van der Waals surface area contributed by atoms with Gasteiger partial charge in [0.2, 0.25) is 0 Å². The SMILES string of the molecule is COc1nc(N)c(C(=O)O)n1-c1ccc(F)cc1. The summed E-state index contributed by atoms with van der Waals surface area (Å²) in [5.41, 5.74) is 5.69. The largest absolute Gasteiger partial charge is 0.476 e. The molecule has 6 nitrogen and oxygen atoms in total. The van der Waals surface area contributed by atoms with Crippen molar-refractivity contribution in [3.8, 4) is 11.7 Å². The van der Waals surface area contributed by atoms with E-state index in [0.717, 1.165) is 0 Å². The second-order valence-corrected chi connectivity index (χ2v) is 3.45. The van der Waals surface area contributed by atoms with Crippen LogP contribution in [0.5, 0.6) is 6.01 Å². The minimum Gasteiger partial charge on any atom is -0.476 e. The molecular formula is C11H10FN3O3. The van der Waals surface area contributed by atoms with Gasteiger partial charge < -0.3 is 15.6 Å². The van der Waals surface area contributed by atoms with Crippen LogP contribution in [0.2, 0.25) is 0 Å². The molecule has 0 amide bonds. The number of imidazole rings is 1. The third-order valence-corrected chi connectivity index (χ3v) is 2.34. The van der Waals surface area contributed by atoms with Crippen molar-refractivity contribution in [2.24, 2.45) is 0 Å². The molecule has 0 saturated heterocycles. The van der Waals surface area contributed by atoms with Gasteiger partial charge in [0.1, 0.15) is 5.82 Å². The number of carboxylic acids is 1. The lowest BCUT2D eigenvalue weighted by Crippen LogP contribution is -2.09. The van der Waals surface area contributed by atoms with Crippen molar-refractivity contribution in [1.82, 2.24) is 9.55 Å². The first-order chi connectivity index (χ1) is 8.54. The molecule has 0 bridgehead atoms. The van der Waals surface area contributed by atoms with Crippen molar-refractivity contribution in [3.63, 3.8) is 0 Å². The molecule has 0 aliphatic carbocycles. The highest BCUT2D eigenvalue weighted by Gasteiger charge is 2.22. The van der Waals surface area contributed by atoms with Crippen LogP contribution in [0.1, 0.15) is 10.5 Å². The van der Waals surface area contributed by atoms with Crippen LogP contribution in [0.15, 0.2) is 24.3 Å². The van der Waals surface area contributed by atoms with Gasteiger partial charge in [-0.15, -0.1) is 0 Å². The summed E-state index contributed by atoms with van der Waals surface area (Å²) in [6.45, 7) is 0. The summed E-state index contributed by atoms with van der Waals surface area (Å²) < 4.78 is 19.0. The van der Waals surface area contributed by atoms with Crippen LogP contribution in [0.4, 0.5) is 10.2 Å². The van der Waals surface area contributed by atoms with E-state index in [4.69, 9.17) is 15.6 Å². The number of ether oxygens (including phenoxy) is 1. The fourth-order valence-electron chi connectivity index (χ4n) is 1.59. The second-order valence-electron chi connectivity index (χ2n) is 3.45. The minimum absolute atomic E-state index is 0.0245. The van der Waals surface area contributed by atoms with Gasteiger partial charge in [0.25, 0.3) is 0 Å². The van der Waals surface area contributed by atoms with Crippen LogP contribution in [0.3, 0.4) is 0 Å². The van der Waals surface area contributed by atoms with Crippen LogP contribution in [0.25, 0.3) is 5.69 Å². The third kappa shape index (κ3) is 1.86. The third-order valence-electron chi connectivity index (χ3n) is 2.34. The number of aromatic nitrogens is 2. The highest BCUT2D eigenvalue weighted by Crippen LogP contribution is 2.25. The highest BCUT2D eigenvalue weighted by molar-refractivity contribution is 5.92. The molecule has 1 aromatic carbocycles. The van der Waals surface area contributed by atoms with E-state index in [9.17, 15) is 9.18 Å². The molecule has 0 radical (unpaired) electrons. The van der Waals surface area contributed by atoms with Crippen molar-refractivity contribution in [3.05, 3.63) is 35.8 Å². The first kappa shape index (κ1) is 11.9. The molecule has 0 fully saturated rings. The molecule has 94 valence electrons. The predicted molar refractivity (Wildman–Crippen MR) is 61.4 cm³/mol. The van der Waals surface area contributed by atoms with E-state index in [-0.39, 0.29) is 17.5 Å². The molecule has 0 unspecified atom stereocenters. The number of hydrogen-bond acceptors (Lipinski definition) is 4. The number of nitrogens with zero attached hydrogens (tertiary/aromatic N) is 2. The van der Waals surface area contributed by atoms with Gasteiger partial charge in [-0.3, -0.25) is 4.57 Å². The first-order valence-corrected chi connectivity index (χ1v) is 4.96. The number of hydrogen-bond donors (Lipinski definition) is 2. The molecule has 0 atom stereocenters. The van der Waals surface area contributed by atoms with Crippen molar-refractivity contribution in [2.45, 2.75) is 0 Å². The Balaban J connectivity index is 2.68. The predicted octanol–water partition coefficient (Wildman–Crippen LogP) is 1.30. The maximum atomic E-state index is 12.9. The Morgan fingerprint density at radius 2 is 2.06 bits per heavy atom. The number of anilines is 1. The Morgan fingerprint density at radius 1 is 1.44 bits per heavy atom. The Hall–Kier alpha value is -2.57. The van der Waals surface area contributed by atoms with Gasteiger partial charge in [-0.1, -0.05) is 0 Å². The van der Waals surface area contributed by atoms with E-state index in [1.165, 1.54) is 35.9 Å². The van der Waals surface area contributed by atoms with Gasteiger partial charge in [-0.05, 0) is 24.3 Å². The number of benzene rings is 1. The molecule has 1 heterocycles. The maximum Gasteiger partial charge on any atom is 0.356 e. The van der Waals surface area contributed by atoms with Gasteiger partial charge in [0, 0.05) is 0 Å². The Morgan fingerprint density at radius 3 is 2.56 bits per heavy atom. The number of carbonyl (C=O) groups is 1. The molecule has 1 aromatic heterocycles. The second kappa shape index (κ2) is 4.36. The number of methoxy groups -OCH3 is 1. The maximum absolute atomic E-state index is 12.9. The number of halogens is 1. The quantitative estimate of drug-likeness (QED) is 0.858. The summed E-state index contributed by atoms with van der Waals surface area (Å²) in [5.74, 6) is -1.83. The summed E-state index contributed by atoms with van der Waals surface area (Å²) in [4.78, 5) is 14.9. The molecular weight excluding hydrogens is 241 g/mol. The monoisotopic (exact) mass is 251 g/mol. The van der Waals surface area contributed by atoms with Crippen molar-refractivity contribution in [2.75, 3.05) is 12.8 Å². The average Bonchev–Trinajstić information content (AvgIpc) is 2.67. The molecule has 18 heavy (non-hydrogen) atoms. The lowest BCUT2D eigenvalue weighted by Gasteiger charge is -2.08. The molecule has 3 N–H and O–H groups in total. The molecule has 0 aliphatic rings. The Kier molecular flexibility index (Phi) is 2.88. The van der Waals surface area contributed by atoms with Crippen LogP contribution < -0.4 is 10.5 Å². The summed E-state index contributed by atoms with van der Waals surface area (Å²) in [7, 11) is 1.34. The van der Waals surface area contributed by atoms with Crippen LogP contribution in [-0.2, 0) is 0 Å². The molecule has 0 spiro atoms. The van der Waals surface area contributed by atoms with E-state index < -0.39 is 11.8 Å². The zero-order chi connectivity index (χ0) is 13.3. The Labute approximate surface area is 101 Å². The van der Waals surface area contributed by atoms with Gasteiger partial charge in [-0.25, -0.2) is 9.18 Å². The van der Waals surface area contributed by atoms with Crippen molar-refractivity contribution in [1.29, 1.82) is 0 Å². The van der Waals surface area contributed by atoms with Crippen LogP contribution in [0, 0.1) is 5.82 Å². The minimum atomic E-state index is -1.24. The van der Waals surface area contributed by atoms with Crippen LogP contribution in [-0.4, -0.2) is 27.7 Å². The molecule has 0 aliphatic heterocycles. The van der Waals surface area contributed by atoms with E-state index in [2.05, 4.69) is 4.98 Å². The number of nitrogens with two attached hydrogens (primary N) is 1. The number of carboxylic acid groups (broad SMARTS) is 1. The van der Waals surface area contributed by atoms with E-state index in [1.807, 2.05) is 0 Å². The van der Waals surface area contributed by atoms with Gasteiger partial charge >= 0.3 is 12.0 Å². The topological polar surface area (TPSA) is 90.4 Å². The summed E-state index contributed by atoms with van der Waals surface area (Å²) >= 11 is 0. The zero-order valence-electron chi connectivity index (χ0n) is 9.42. The fraction of sp³-hybridized carbons (Fsp3) is 0.0909. The lowest BCUT2D eigenvalue weighted by molar-refractivity contribution is 0.0688. The van der Waals surface area contributed by atoms with Crippen molar-refractivity contribution >= 4 is 11.8 Å². The normalized spacial score (nSPS) is 10.3. The smallest absolute Gasteiger partial charge is 0.356 e. The summed E-state index contributed by atoms with van der Waals surface area (Å²) in [6.07, 6.45) is 0.